The van der Waals surface area contributed by atoms with Gasteiger partial charge in [-0.3, -0.25) is 4.98 Å². The number of aryl methyl sites for hydroxylation is 1. The Balaban J connectivity index is 2.89. The van der Waals surface area contributed by atoms with Crippen molar-refractivity contribution in [1.29, 1.82) is 5.26 Å². The maximum Gasteiger partial charge on any atom is 0.184 e. The second-order valence-electron chi connectivity index (χ2n) is 3.17. The summed E-state index contributed by atoms with van der Waals surface area (Å²) in [6.07, 6.45) is 0.211. The molecule has 0 amide bonds. The van der Waals surface area contributed by atoms with Crippen LogP contribution in [-0.2, 0) is 5.88 Å². The zero-order valence-corrected chi connectivity index (χ0v) is 9.58. The standard InChI is InChI=1S/C11H13ClN2O/c1-3-9(7-13)15-11-5-4-8(2)14-10(11)6-12/h4-5,9H,3,6H2,1-2H3. The maximum absolute atomic E-state index is 8.78. The van der Waals surface area contributed by atoms with Gasteiger partial charge in [0.05, 0.1) is 11.6 Å². The monoisotopic (exact) mass is 224 g/mol. The van der Waals surface area contributed by atoms with Gasteiger partial charge in [-0.05, 0) is 25.5 Å². The van der Waals surface area contributed by atoms with Crippen LogP contribution in [0.3, 0.4) is 0 Å². The number of hydrogen-bond donors (Lipinski definition) is 0. The van der Waals surface area contributed by atoms with E-state index in [-0.39, 0.29) is 0 Å². The van der Waals surface area contributed by atoms with Crippen molar-refractivity contribution < 1.29 is 4.74 Å². The molecular formula is C11H13ClN2O. The molecule has 0 saturated carbocycles. The van der Waals surface area contributed by atoms with Gasteiger partial charge < -0.3 is 4.74 Å². The van der Waals surface area contributed by atoms with Crippen molar-refractivity contribution in [1.82, 2.24) is 4.98 Å². The third-order valence-electron chi connectivity index (χ3n) is 1.98. The van der Waals surface area contributed by atoms with Gasteiger partial charge in [0.1, 0.15) is 11.8 Å². The quantitative estimate of drug-likeness (QED) is 0.739. The van der Waals surface area contributed by atoms with Crippen molar-refractivity contribution in [2.24, 2.45) is 0 Å². The Morgan fingerprint density at radius 1 is 1.60 bits per heavy atom. The molecule has 80 valence electrons. The lowest BCUT2D eigenvalue weighted by Crippen LogP contribution is -2.13. The smallest absolute Gasteiger partial charge is 0.184 e. The average molecular weight is 225 g/mol. The summed E-state index contributed by atoms with van der Waals surface area (Å²) in [5.74, 6) is 0.891. The Morgan fingerprint density at radius 2 is 2.33 bits per heavy atom. The Labute approximate surface area is 94.7 Å². The summed E-state index contributed by atoms with van der Waals surface area (Å²) >= 11 is 5.75. The fourth-order valence-corrected chi connectivity index (χ4v) is 1.35. The Hall–Kier alpha value is -1.27. The third kappa shape index (κ3) is 3.10. The van der Waals surface area contributed by atoms with Crippen LogP contribution in [0.4, 0.5) is 0 Å². The molecule has 3 nitrogen and oxygen atoms in total. The summed E-state index contributed by atoms with van der Waals surface area (Å²) in [4.78, 5) is 4.25. The van der Waals surface area contributed by atoms with Crippen molar-refractivity contribution in [2.75, 3.05) is 0 Å². The lowest BCUT2D eigenvalue weighted by atomic mass is 10.2. The van der Waals surface area contributed by atoms with Crippen LogP contribution in [0.15, 0.2) is 12.1 Å². The molecule has 0 N–H and O–H groups in total. The molecule has 15 heavy (non-hydrogen) atoms. The maximum atomic E-state index is 8.78. The van der Waals surface area contributed by atoms with E-state index in [2.05, 4.69) is 11.1 Å². The van der Waals surface area contributed by atoms with E-state index in [1.807, 2.05) is 19.9 Å². The molecule has 1 unspecified atom stereocenters. The van der Waals surface area contributed by atoms with Gasteiger partial charge >= 0.3 is 0 Å². The molecule has 1 rings (SSSR count). The molecule has 1 aromatic rings. The summed E-state index contributed by atoms with van der Waals surface area (Å²) in [6.45, 7) is 3.79. The molecule has 0 fully saturated rings. The van der Waals surface area contributed by atoms with Crippen LogP contribution < -0.4 is 4.74 Å². The topological polar surface area (TPSA) is 45.9 Å². The number of nitriles is 1. The molecule has 1 heterocycles. The summed E-state index contributed by atoms with van der Waals surface area (Å²) in [7, 11) is 0. The van der Waals surface area contributed by atoms with E-state index in [0.717, 1.165) is 5.69 Å². The molecule has 0 aliphatic rings. The highest BCUT2D eigenvalue weighted by atomic mass is 35.5. The fourth-order valence-electron chi connectivity index (χ4n) is 1.15. The van der Waals surface area contributed by atoms with Crippen LogP contribution in [-0.4, -0.2) is 11.1 Å². The molecule has 1 aromatic heterocycles. The Morgan fingerprint density at radius 3 is 2.87 bits per heavy atom. The van der Waals surface area contributed by atoms with E-state index in [9.17, 15) is 0 Å². The molecular weight excluding hydrogens is 212 g/mol. The summed E-state index contributed by atoms with van der Waals surface area (Å²) < 4.78 is 5.48. The first-order valence-electron chi connectivity index (χ1n) is 4.80. The van der Waals surface area contributed by atoms with Crippen molar-refractivity contribution in [2.45, 2.75) is 32.3 Å². The van der Waals surface area contributed by atoms with Crippen LogP contribution in [0, 0.1) is 18.3 Å². The lowest BCUT2D eigenvalue weighted by molar-refractivity contribution is 0.248. The first kappa shape index (κ1) is 11.8. The first-order chi connectivity index (χ1) is 7.21. The van der Waals surface area contributed by atoms with Gasteiger partial charge in [0, 0.05) is 5.69 Å². The van der Waals surface area contributed by atoms with E-state index < -0.39 is 6.10 Å². The number of rotatable bonds is 4. The highest BCUT2D eigenvalue weighted by molar-refractivity contribution is 6.17. The minimum Gasteiger partial charge on any atom is -0.474 e. The van der Waals surface area contributed by atoms with Crippen LogP contribution in [0.25, 0.3) is 0 Å². The highest BCUT2D eigenvalue weighted by Crippen LogP contribution is 2.20. The van der Waals surface area contributed by atoms with Gasteiger partial charge in [0.2, 0.25) is 0 Å². The number of halogens is 1. The summed E-state index contributed by atoms with van der Waals surface area (Å²) in [5, 5.41) is 8.78. The first-order valence-corrected chi connectivity index (χ1v) is 5.33. The van der Waals surface area contributed by atoms with Gasteiger partial charge in [0.15, 0.2) is 6.10 Å². The Kier molecular flexibility index (Phi) is 4.38. The lowest BCUT2D eigenvalue weighted by Gasteiger charge is -2.12. The predicted octanol–water partition coefficient (Wildman–Crippen LogP) is 2.81. The van der Waals surface area contributed by atoms with Gasteiger partial charge in [0.25, 0.3) is 0 Å². The summed E-state index contributed by atoms with van der Waals surface area (Å²) in [5.41, 5.74) is 1.58. The molecule has 0 aliphatic heterocycles. The molecule has 0 radical (unpaired) electrons. The van der Waals surface area contributed by atoms with E-state index in [0.29, 0.717) is 23.7 Å². The molecule has 0 spiro atoms. The second-order valence-corrected chi connectivity index (χ2v) is 3.44. The molecule has 0 saturated heterocycles. The van der Waals surface area contributed by atoms with Crippen LogP contribution in [0.5, 0.6) is 5.75 Å². The molecule has 0 bridgehead atoms. The SMILES string of the molecule is CCC(C#N)Oc1ccc(C)nc1CCl. The number of nitrogens with zero attached hydrogens (tertiary/aromatic N) is 2. The van der Waals surface area contributed by atoms with Crippen LogP contribution in [0.1, 0.15) is 24.7 Å². The van der Waals surface area contributed by atoms with Gasteiger partial charge in [-0.25, -0.2) is 0 Å². The number of aromatic nitrogens is 1. The molecule has 1 atom stereocenters. The molecule has 0 aromatic carbocycles. The Bertz CT molecular complexity index is 373. The van der Waals surface area contributed by atoms with Crippen molar-refractivity contribution in [3.05, 3.63) is 23.5 Å². The van der Waals surface area contributed by atoms with E-state index in [4.69, 9.17) is 21.6 Å². The minimum absolute atomic E-state index is 0.291. The van der Waals surface area contributed by atoms with Crippen molar-refractivity contribution >= 4 is 11.6 Å². The van der Waals surface area contributed by atoms with Gasteiger partial charge in [-0.1, -0.05) is 6.92 Å². The van der Waals surface area contributed by atoms with Crippen molar-refractivity contribution in [3.63, 3.8) is 0 Å². The summed E-state index contributed by atoms with van der Waals surface area (Å²) in [6, 6.07) is 5.72. The molecule has 0 aliphatic carbocycles. The van der Waals surface area contributed by atoms with Crippen molar-refractivity contribution in [3.8, 4) is 11.8 Å². The number of ether oxygens (including phenoxy) is 1. The molecule has 4 heteroatoms. The van der Waals surface area contributed by atoms with E-state index in [1.165, 1.54) is 0 Å². The fraction of sp³-hybridized carbons (Fsp3) is 0.455. The second kappa shape index (κ2) is 5.57. The van der Waals surface area contributed by atoms with E-state index >= 15 is 0 Å². The zero-order valence-electron chi connectivity index (χ0n) is 8.83. The zero-order chi connectivity index (χ0) is 11.3. The van der Waals surface area contributed by atoms with Crippen LogP contribution >= 0.6 is 11.6 Å². The number of hydrogen-bond acceptors (Lipinski definition) is 3. The van der Waals surface area contributed by atoms with Gasteiger partial charge in [-0.2, -0.15) is 5.26 Å². The number of pyridine rings is 1. The largest absolute Gasteiger partial charge is 0.474 e. The van der Waals surface area contributed by atoms with Crippen LogP contribution in [0.2, 0.25) is 0 Å². The predicted molar refractivity (Wildman–Crippen MR) is 58.9 cm³/mol. The normalized spacial score (nSPS) is 11.9. The highest BCUT2D eigenvalue weighted by Gasteiger charge is 2.10. The van der Waals surface area contributed by atoms with Gasteiger partial charge in [-0.15, -0.1) is 11.6 Å². The van der Waals surface area contributed by atoms with E-state index in [1.54, 1.807) is 6.07 Å². The minimum atomic E-state index is -0.434. The number of alkyl halides is 1. The third-order valence-corrected chi connectivity index (χ3v) is 2.24. The average Bonchev–Trinajstić information content (AvgIpc) is 2.27.